The number of carbonyl (C=O) groups is 1. The lowest BCUT2D eigenvalue weighted by atomic mass is 9.81. The van der Waals surface area contributed by atoms with Gasteiger partial charge in [-0.2, -0.15) is 0 Å². The first-order valence-electron chi connectivity index (χ1n) is 12.4. The Morgan fingerprint density at radius 3 is 2.15 bits per heavy atom. The van der Waals surface area contributed by atoms with Crippen molar-refractivity contribution in [1.29, 1.82) is 5.41 Å². The number of hydrogen-bond acceptors (Lipinski definition) is 15. The fourth-order valence-corrected chi connectivity index (χ4v) is 5.13. The summed E-state index contributed by atoms with van der Waals surface area (Å²) >= 11 is 0. The zero-order chi connectivity index (χ0) is 30.1. The van der Waals surface area contributed by atoms with Gasteiger partial charge in [0.2, 0.25) is 0 Å². The molecule has 0 aromatic carbocycles. The number of nitrogens with zero attached hydrogens (tertiary/aromatic N) is 1. The molecule has 0 spiro atoms. The number of guanidine groups is 2. The van der Waals surface area contributed by atoms with E-state index in [0.717, 1.165) is 0 Å². The summed E-state index contributed by atoms with van der Waals surface area (Å²) in [5, 5.41) is 86.4. The highest BCUT2D eigenvalue weighted by Crippen LogP contribution is 2.38. The molecule has 2 aliphatic heterocycles. The van der Waals surface area contributed by atoms with E-state index in [9.17, 15) is 40.5 Å². The van der Waals surface area contributed by atoms with Crippen LogP contribution in [0.5, 0.6) is 0 Å². The minimum Gasteiger partial charge on any atom is -0.394 e. The third-order valence-electron chi connectivity index (χ3n) is 7.40. The molecule has 3 fully saturated rings. The number of hydrogen-bond donors (Lipinski definition) is 13. The Bertz CT molecular complexity index is 930. The molecular weight excluding hydrogens is 542 g/mol. The van der Waals surface area contributed by atoms with Crippen LogP contribution >= 0.6 is 0 Å². The average Bonchev–Trinajstić information content (AvgIpc) is 3.13. The number of aldehydes is 1. The van der Waals surface area contributed by atoms with E-state index in [1.54, 1.807) is 0 Å². The summed E-state index contributed by atoms with van der Waals surface area (Å²) in [6, 6.07) is -4.02. The summed E-state index contributed by atoms with van der Waals surface area (Å²) in [4.78, 5) is 16.0. The van der Waals surface area contributed by atoms with Crippen LogP contribution < -0.4 is 27.8 Å². The van der Waals surface area contributed by atoms with Gasteiger partial charge in [0, 0.05) is 0 Å². The molecule has 2 heterocycles. The molecule has 230 valence electrons. The van der Waals surface area contributed by atoms with Crippen molar-refractivity contribution < 1.29 is 59.5 Å². The van der Waals surface area contributed by atoms with Crippen molar-refractivity contribution in [2.24, 2.45) is 22.2 Å². The van der Waals surface area contributed by atoms with Crippen molar-refractivity contribution in [2.75, 3.05) is 13.7 Å². The zero-order valence-corrected chi connectivity index (χ0v) is 21.7. The van der Waals surface area contributed by atoms with Crippen LogP contribution in [0.1, 0.15) is 6.92 Å². The number of nitrogens with one attached hydrogen (secondary N) is 3. The van der Waals surface area contributed by atoms with Crippen LogP contribution in [0.3, 0.4) is 0 Å². The van der Waals surface area contributed by atoms with E-state index in [-0.39, 0.29) is 6.29 Å². The predicted octanol–water partition coefficient (Wildman–Crippen LogP) is -7.95. The molecule has 0 aromatic heterocycles. The Hall–Kier alpha value is -2.27. The Morgan fingerprint density at radius 2 is 1.62 bits per heavy atom. The van der Waals surface area contributed by atoms with Crippen molar-refractivity contribution in [3.05, 3.63) is 0 Å². The summed E-state index contributed by atoms with van der Waals surface area (Å²) in [5.74, 6) is -1.16. The molecule has 0 aromatic rings. The molecule has 1 saturated carbocycles. The van der Waals surface area contributed by atoms with E-state index < -0.39 is 110 Å². The van der Waals surface area contributed by atoms with Crippen molar-refractivity contribution >= 4 is 18.2 Å². The van der Waals surface area contributed by atoms with Crippen molar-refractivity contribution in [2.45, 2.75) is 98.2 Å². The molecule has 40 heavy (non-hydrogen) atoms. The summed E-state index contributed by atoms with van der Waals surface area (Å²) in [6.07, 6.45) is -17.3. The Labute approximate surface area is 228 Å². The van der Waals surface area contributed by atoms with Gasteiger partial charge in [-0.25, -0.2) is 4.99 Å². The third-order valence-corrected chi connectivity index (χ3v) is 7.40. The van der Waals surface area contributed by atoms with E-state index in [1.807, 2.05) is 0 Å². The number of aliphatic hydroxyl groups is 7. The Balaban J connectivity index is 1.95. The van der Waals surface area contributed by atoms with Gasteiger partial charge >= 0.3 is 0 Å². The number of aliphatic hydroxyl groups excluding tert-OH is 6. The fourth-order valence-electron chi connectivity index (χ4n) is 5.13. The number of ether oxygens (including phenoxy) is 4. The summed E-state index contributed by atoms with van der Waals surface area (Å²) in [5.41, 5.74) is 13.9. The van der Waals surface area contributed by atoms with Gasteiger partial charge in [0.1, 0.15) is 54.9 Å². The number of aliphatic imine (C=N–C) groups is 1. The molecule has 2 unspecified atom stereocenters. The van der Waals surface area contributed by atoms with Gasteiger partial charge in [0.05, 0.1) is 24.8 Å². The van der Waals surface area contributed by atoms with Crippen molar-refractivity contribution in [3.63, 3.8) is 0 Å². The smallest absolute Gasteiger partial charge is 0.188 e. The molecule has 19 nitrogen and oxygen atoms in total. The lowest BCUT2D eigenvalue weighted by Crippen LogP contribution is -2.70. The predicted molar refractivity (Wildman–Crippen MR) is 132 cm³/mol. The molecule has 3 aliphatic rings. The largest absolute Gasteiger partial charge is 0.394 e. The number of rotatable bonds is 9. The molecule has 0 bridgehead atoms. The molecule has 16 N–H and O–H groups in total. The molecule has 19 heteroatoms. The number of nitrogens with two attached hydrogens (primary N) is 3. The SMILES string of the molecule is CN[C@@H]1C(O[C@H]2C(O[C@H]3[C@H](O)[C@@H](O)[C@H](NC(=N)N)[C@@H](O)[C@@H]3N=C(N)N)O[C@@H](C)[C@]2(O)C=O)O[C@@H](CO)[C@H](O)[C@H]1O. The molecule has 3 rings (SSSR count). The zero-order valence-electron chi connectivity index (χ0n) is 21.7. The van der Waals surface area contributed by atoms with Crippen molar-refractivity contribution in [1.82, 2.24) is 10.6 Å². The van der Waals surface area contributed by atoms with E-state index in [1.165, 1.54) is 14.0 Å². The van der Waals surface area contributed by atoms with Gasteiger partial charge in [-0.05, 0) is 14.0 Å². The first kappa shape index (κ1) is 32.2. The van der Waals surface area contributed by atoms with E-state index in [4.69, 9.17) is 41.6 Å². The maximum atomic E-state index is 12.1. The monoisotopic (exact) mass is 581 g/mol. The number of likely N-dealkylation sites (N-methyl/N-ethyl adjacent to an activating group) is 1. The van der Waals surface area contributed by atoms with E-state index in [0.29, 0.717) is 0 Å². The van der Waals surface area contributed by atoms with E-state index in [2.05, 4.69) is 15.6 Å². The van der Waals surface area contributed by atoms with Gasteiger partial charge < -0.3 is 82.5 Å². The van der Waals surface area contributed by atoms with Gasteiger partial charge in [-0.15, -0.1) is 0 Å². The second-order valence-corrected chi connectivity index (χ2v) is 9.93. The summed E-state index contributed by atoms with van der Waals surface area (Å²) in [7, 11) is 1.42. The minimum absolute atomic E-state index is 0.138. The maximum Gasteiger partial charge on any atom is 0.188 e. The van der Waals surface area contributed by atoms with Gasteiger partial charge in [0.15, 0.2) is 36.4 Å². The second kappa shape index (κ2) is 12.7. The minimum atomic E-state index is -2.39. The normalized spacial score (nSPS) is 47.4. The standard InChI is InChI=1S/C21H39N7O12/c1-5-21(36,4-30)16(40-17-9(26-2)13(34)10(31)6(3-29)38-17)18(37-5)39-15-8(28-20(24)25)11(32)7(27-19(22)23)12(33)14(15)35/h4-18,26,29,31-36H,3H2,1-2H3,(H4,22,23,27)(H4,24,25,28)/t5-,6-,7+,8-,9-,10-,11+,12-,13-,14+,15+,16-,17?,18?,21+/m0/s1. The Kier molecular flexibility index (Phi) is 10.2. The summed E-state index contributed by atoms with van der Waals surface area (Å²) < 4.78 is 22.9. The highest BCUT2D eigenvalue weighted by molar-refractivity contribution is 5.76. The van der Waals surface area contributed by atoms with Crippen LogP contribution in [0.2, 0.25) is 0 Å². The van der Waals surface area contributed by atoms with Crippen LogP contribution in [0.4, 0.5) is 0 Å². The average molecular weight is 582 g/mol. The second-order valence-electron chi connectivity index (χ2n) is 9.93. The van der Waals surface area contributed by atoms with Gasteiger partial charge in [-0.1, -0.05) is 0 Å². The highest BCUT2D eigenvalue weighted by atomic mass is 16.8. The first-order chi connectivity index (χ1) is 18.7. The molecule has 1 aliphatic carbocycles. The lowest BCUT2D eigenvalue weighted by Gasteiger charge is -2.46. The third kappa shape index (κ3) is 6.00. The Morgan fingerprint density at radius 1 is 1.00 bits per heavy atom. The number of carbonyl (C=O) groups excluding carboxylic acids is 1. The molecular formula is C21H39N7O12. The first-order valence-corrected chi connectivity index (χ1v) is 12.4. The molecule has 0 amide bonds. The van der Waals surface area contributed by atoms with Crippen LogP contribution in [0.15, 0.2) is 4.99 Å². The molecule has 2 saturated heterocycles. The van der Waals surface area contributed by atoms with Crippen molar-refractivity contribution in [3.8, 4) is 0 Å². The topological polar surface area (TPSA) is 334 Å². The van der Waals surface area contributed by atoms with Crippen LogP contribution in [0.25, 0.3) is 0 Å². The van der Waals surface area contributed by atoms with Gasteiger partial charge in [-0.3, -0.25) is 10.2 Å². The maximum absolute atomic E-state index is 12.1. The van der Waals surface area contributed by atoms with Crippen LogP contribution in [-0.2, 0) is 23.7 Å². The molecule has 15 atom stereocenters. The molecule has 0 radical (unpaired) electrons. The quantitative estimate of drug-likeness (QED) is 0.0682. The van der Waals surface area contributed by atoms with E-state index >= 15 is 0 Å². The van der Waals surface area contributed by atoms with Gasteiger partial charge in [0.25, 0.3) is 0 Å². The fraction of sp³-hybridized carbons (Fsp3) is 0.857. The summed E-state index contributed by atoms with van der Waals surface area (Å²) in [6.45, 7) is 0.617. The van der Waals surface area contributed by atoms with Crippen LogP contribution in [0, 0.1) is 5.41 Å². The van der Waals surface area contributed by atoms with Crippen LogP contribution in [-0.4, -0.2) is 159 Å². The highest BCUT2D eigenvalue weighted by Gasteiger charge is 2.60. The lowest BCUT2D eigenvalue weighted by molar-refractivity contribution is -0.314.